The lowest BCUT2D eigenvalue weighted by Crippen LogP contribution is -2.27. The van der Waals surface area contributed by atoms with Crippen molar-refractivity contribution in [2.75, 3.05) is 20.3 Å². The monoisotopic (exact) mass is 520 g/mol. The molecule has 2 aromatic carbocycles. The van der Waals surface area contributed by atoms with Crippen LogP contribution in [0.1, 0.15) is 29.9 Å². The van der Waals surface area contributed by atoms with Gasteiger partial charge in [-0.2, -0.15) is 5.26 Å². The first-order valence-electron chi connectivity index (χ1n) is 12.5. The second kappa shape index (κ2) is 10.2. The molecular weight excluding hydrogens is 492 g/mol. The molecule has 1 amide bonds. The van der Waals surface area contributed by atoms with Crippen molar-refractivity contribution in [2.45, 2.75) is 19.3 Å². The fraction of sp³-hybridized carbons (Fsp3) is 0.233. The highest BCUT2D eigenvalue weighted by molar-refractivity contribution is 6.04. The number of imidazole rings is 1. The molecule has 3 heterocycles. The SMILES string of the molecule is COCCNC(=O)c1ccc(-c2ccc3ncc4c(c3c2)n(-c2ccc(C(C)(C)C#N)cc2)c(=O)n4C)cn1. The van der Waals surface area contributed by atoms with Gasteiger partial charge in [-0.25, -0.2) is 4.79 Å². The first kappa shape index (κ1) is 25.8. The van der Waals surface area contributed by atoms with Crippen LogP contribution in [-0.2, 0) is 17.2 Å². The van der Waals surface area contributed by atoms with Crippen molar-refractivity contribution in [3.05, 3.63) is 88.7 Å². The van der Waals surface area contributed by atoms with Crippen molar-refractivity contribution < 1.29 is 9.53 Å². The minimum atomic E-state index is -0.637. The Balaban J connectivity index is 1.60. The van der Waals surface area contributed by atoms with Crippen LogP contribution >= 0.6 is 0 Å². The molecule has 0 atom stereocenters. The number of aryl methyl sites for hydroxylation is 1. The zero-order valence-electron chi connectivity index (χ0n) is 22.2. The van der Waals surface area contributed by atoms with Gasteiger partial charge in [-0.3, -0.25) is 23.9 Å². The number of methoxy groups -OCH3 is 1. The lowest BCUT2D eigenvalue weighted by molar-refractivity contribution is 0.0932. The molecule has 1 N–H and O–H groups in total. The number of nitriles is 1. The van der Waals surface area contributed by atoms with Gasteiger partial charge < -0.3 is 10.1 Å². The predicted molar refractivity (Wildman–Crippen MR) is 150 cm³/mol. The fourth-order valence-electron chi connectivity index (χ4n) is 4.56. The summed E-state index contributed by atoms with van der Waals surface area (Å²) in [7, 11) is 3.31. The van der Waals surface area contributed by atoms with Crippen LogP contribution in [-0.4, -0.2) is 45.3 Å². The van der Waals surface area contributed by atoms with Crippen molar-refractivity contribution in [3.8, 4) is 22.9 Å². The van der Waals surface area contributed by atoms with E-state index in [4.69, 9.17) is 4.74 Å². The maximum absolute atomic E-state index is 13.4. The smallest absolute Gasteiger partial charge is 0.333 e. The van der Waals surface area contributed by atoms with Gasteiger partial charge in [0.05, 0.1) is 46.5 Å². The van der Waals surface area contributed by atoms with Crippen LogP contribution in [0, 0.1) is 11.3 Å². The highest BCUT2D eigenvalue weighted by atomic mass is 16.5. The standard InChI is InChI=1S/C30H28N6O3/c1-30(2,18-31)21-7-9-22(10-8-21)36-27-23-15-19(5-11-24(23)34-17-26(27)35(3)29(36)38)20-6-12-25(33-16-20)28(37)32-13-14-39-4/h5-12,15-17H,13-14H2,1-4H3,(H,32,37). The number of carbonyl (C=O) groups is 1. The van der Waals surface area contributed by atoms with Gasteiger partial charge in [0.25, 0.3) is 5.91 Å². The van der Waals surface area contributed by atoms with E-state index >= 15 is 0 Å². The Morgan fingerprint density at radius 1 is 1.05 bits per heavy atom. The number of aromatic nitrogens is 4. The van der Waals surface area contributed by atoms with Gasteiger partial charge in [0.1, 0.15) is 5.69 Å². The van der Waals surface area contributed by atoms with E-state index in [0.29, 0.717) is 30.0 Å². The summed E-state index contributed by atoms with van der Waals surface area (Å²) in [6.07, 6.45) is 3.37. The normalized spacial score (nSPS) is 11.6. The Hall–Kier alpha value is -4.81. The summed E-state index contributed by atoms with van der Waals surface area (Å²) in [6.45, 7) is 4.56. The van der Waals surface area contributed by atoms with E-state index in [1.807, 2.05) is 62.4 Å². The number of rotatable bonds is 7. The molecule has 5 rings (SSSR count). The first-order valence-corrected chi connectivity index (χ1v) is 12.5. The third-order valence-electron chi connectivity index (χ3n) is 6.93. The van der Waals surface area contributed by atoms with E-state index in [1.165, 1.54) is 0 Å². The van der Waals surface area contributed by atoms with Crippen LogP contribution in [0.5, 0.6) is 0 Å². The maximum Gasteiger partial charge on any atom is 0.333 e. The van der Waals surface area contributed by atoms with Crippen molar-refractivity contribution in [1.29, 1.82) is 5.26 Å². The molecule has 0 fully saturated rings. The van der Waals surface area contributed by atoms with Crippen LogP contribution in [0.15, 0.2) is 71.8 Å². The van der Waals surface area contributed by atoms with E-state index in [2.05, 4.69) is 21.4 Å². The number of amides is 1. The number of hydrogen-bond acceptors (Lipinski definition) is 6. The van der Waals surface area contributed by atoms with Crippen LogP contribution in [0.2, 0.25) is 0 Å². The molecular formula is C30H28N6O3. The average Bonchev–Trinajstić information content (AvgIpc) is 3.22. The molecule has 0 aliphatic heterocycles. The molecule has 0 saturated carbocycles. The molecule has 0 aliphatic rings. The van der Waals surface area contributed by atoms with Crippen LogP contribution in [0.3, 0.4) is 0 Å². The summed E-state index contributed by atoms with van der Waals surface area (Å²) >= 11 is 0. The fourth-order valence-corrected chi connectivity index (χ4v) is 4.56. The van der Waals surface area contributed by atoms with Gasteiger partial charge in [0.2, 0.25) is 0 Å². The van der Waals surface area contributed by atoms with Gasteiger partial charge in [0.15, 0.2) is 0 Å². The lowest BCUT2D eigenvalue weighted by atomic mass is 9.86. The third kappa shape index (κ3) is 4.67. The molecule has 0 bridgehead atoms. The number of nitrogens with one attached hydrogen (secondary N) is 1. The number of nitrogens with zero attached hydrogens (tertiary/aromatic N) is 5. The Bertz CT molecular complexity index is 1790. The van der Waals surface area contributed by atoms with Crippen LogP contribution in [0.25, 0.3) is 38.8 Å². The van der Waals surface area contributed by atoms with Crippen molar-refractivity contribution in [3.63, 3.8) is 0 Å². The Morgan fingerprint density at radius 3 is 2.46 bits per heavy atom. The van der Waals surface area contributed by atoms with Gasteiger partial charge in [-0.1, -0.05) is 24.3 Å². The first-order chi connectivity index (χ1) is 18.7. The largest absolute Gasteiger partial charge is 0.383 e. The zero-order valence-corrected chi connectivity index (χ0v) is 22.2. The van der Waals surface area contributed by atoms with E-state index in [0.717, 1.165) is 33.1 Å². The molecule has 9 nitrogen and oxygen atoms in total. The van der Waals surface area contributed by atoms with E-state index in [9.17, 15) is 14.9 Å². The summed E-state index contributed by atoms with van der Waals surface area (Å²) in [4.78, 5) is 34.7. The Morgan fingerprint density at radius 2 is 1.79 bits per heavy atom. The number of ether oxygens (including phenoxy) is 1. The summed E-state index contributed by atoms with van der Waals surface area (Å²) in [5.41, 5.74) is 4.96. The molecule has 0 spiro atoms. The van der Waals surface area contributed by atoms with Crippen molar-refractivity contribution in [1.82, 2.24) is 24.4 Å². The molecule has 5 aromatic rings. The third-order valence-corrected chi connectivity index (χ3v) is 6.93. The molecule has 0 aliphatic carbocycles. The predicted octanol–water partition coefficient (Wildman–Crippen LogP) is 4.12. The molecule has 9 heteroatoms. The van der Waals surface area contributed by atoms with Gasteiger partial charge in [0, 0.05) is 37.8 Å². The lowest BCUT2D eigenvalue weighted by Gasteiger charge is -2.16. The van der Waals surface area contributed by atoms with Gasteiger partial charge >= 0.3 is 5.69 Å². The average molecular weight is 521 g/mol. The van der Waals surface area contributed by atoms with Crippen molar-refractivity contribution >= 4 is 27.8 Å². The number of carbonyl (C=O) groups excluding carboxylic acids is 1. The second-order valence-corrected chi connectivity index (χ2v) is 9.87. The topological polar surface area (TPSA) is 115 Å². The number of fused-ring (bicyclic) bond motifs is 3. The molecule has 0 unspecified atom stereocenters. The van der Waals surface area contributed by atoms with E-state index < -0.39 is 5.41 Å². The van der Waals surface area contributed by atoms with Gasteiger partial charge in [-0.05, 0) is 55.3 Å². The minimum Gasteiger partial charge on any atom is -0.383 e. The van der Waals surface area contributed by atoms with Crippen LogP contribution in [0.4, 0.5) is 0 Å². The van der Waals surface area contributed by atoms with E-state index in [1.54, 1.807) is 41.8 Å². The number of pyridine rings is 2. The number of benzene rings is 2. The highest BCUT2D eigenvalue weighted by Gasteiger charge is 2.21. The maximum atomic E-state index is 13.4. The van der Waals surface area contributed by atoms with E-state index in [-0.39, 0.29) is 11.6 Å². The summed E-state index contributed by atoms with van der Waals surface area (Å²) in [5.74, 6) is -0.263. The molecule has 3 aromatic heterocycles. The second-order valence-electron chi connectivity index (χ2n) is 9.87. The summed E-state index contributed by atoms with van der Waals surface area (Å²) in [6, 6.07) is 19.2. The number of hydrogen-bond donors (Lipinski definition) is 1. The van der Waals surface area contributed by atoms with Crippen molar-refractivity contribution in [2.24, 2.45) is 7.05 Å². The molecule has 0 radical (unpaired) electrons. The Kier molecular flexibility index (Phi) is 6.73. The molecule has 196 valence electrons. The highest BCUT2D eigenvalue weighted by Crippen LogP contribution is 2.30. The summed E-state index contributed by atoms with van der Waals surface area (Å²) in [5, 5.41) is 13.1. The summed E-state index contributed by atoms with van der Waals surface area (Å²) < 4.78 is 8.23. The minimum absolute atomic E-state index is 0.192. The molecule has 39 heavy (non-hydrogen) atoms. The quantitative estimate of drug-likeness (QED) is 0.323. The molecule has 0 saturated heterocycles. The Labute approximate surface area is 225 Å². The van der Waals surface area contributed by atoms with Crippen LogP contribution < -0.4 is 11.0 Å². The zero-order chi connectivity index (χ0) is 27.7. The van der Waals surface area contributed by atoms with Gasteiger partial charge in [-0.15, -0.1) is 0 Å².